The molecule has 1 aliphatic carbocycles. The molecule has 14 heteroatoms. The molecule has 1 spiro atoms. The van der Waals surface area contributed by atoms with Gasteiger partial charge in [-0.15, -0.1) is 0 Å². The van der Waals surface area contributed by atoms with Crippen LogP contribution in [0.3, 0.4) is 0 Å². The molecule has 4 unspecified atom stereocenters. The molecule has 1 aromatic heterocycles. The van der Waals surface area contributed by atoms with Gasteiger partial charge in [-0.3, -0.25) is 14.6 Å². The summed E-state index contributed by atoms with van der Waals surface area (Å²) in [5.74, 6) is -0.124. The number of pyridine rings is 1. The van der Waals surface area contributed by atoms with Crippen LogP contribution in [0.5, 0.6) is 5.75 Å². The SMILES string of the molecule is N#Cc1ncc(N2C(=O)C3(CCC3)N(c3ccc(OC4CC5CCC(C4F)N5C(=O)O)cc3)C2=S)cc1C(F)(F)F. The summed E-state index contributed by atoms with van der Waals surface area (Å²) in [6, 6.07) is 7.56. The van der Waals surface area contributed by atoms with Crippen molar-refractivity contribution in [3.63, 3.8) is 0 Å². The monoisotopic (exact) mass is 589 g/mol. The van der Waals surface area contributed by atoms with E-state index >= 15 is 4.39 Å². The number of amides is 2. The zero-order valence-corrected chi connectivity index (χ0v) is 22.2. The van der Waals surface area contributed by atoms with Crippen molar-refractivity contribution in [1.82, 2.24) is 9.88 Å². The fraction of sp³-hybridized carbons (Fsp3) is 0.444. The van der Waals surface area contributed by atoms with Crippen molar-refractivity contribution in [2.75, 3.05) is 9.80 Å². The molecule has 6 rings (SSSR count). The Labute approximate surface area is 236 Å². The second-order valence-corrected chi connectivity index (χ2v) is 11.0. The van der Waals surface area contributed by atoms with Crippen molar-refractivity contribution in [3.8, 4) is 11.8 Å². The second-order valence-electron chi connectivity index (χ2n) is 10.7. The first-order valence-corrected chi connectivity index (χ1v) is 13.5. The largest absolute Gasteiger partial charge is 0.487 e. The van der Waals surface area contributed by atoms with Crippen LogP contribution in [0.25, 0.3) is 0 Å². The highest BCUT2D eigenvalue weighted by atomic mass is 32.1. The van der Waals surface area contributed by atoms with E-state index in [-0.39, 0.29) is 23.3 Å². The van der Waals surface area contributed by atoms with Crippen molar-refractivity contribution in [2.24, 2.45) is 0 Å². The van der Waals surface area contributed by atoms with Gasteiger partial charge < -0.3 is 14.7 Å². The number of carbonyl (C=O) groups is 2. The van der Waals surface area contributed by atoms with Crippen LogP contribution in [0.1, 0.15) is 49.8 Å². The van der Waals surface area contributed by atoms with E-state index in [9.17, 15) is 27.9 Å². The Kier molecular flexibility index (Phi) is 6.33. The zero-order chi connectivity index (χ0) is 29.3. The molecule has 4 atom stereocenters. The molecular formula is C27H23F4N5O4S. The number of piperidine rings is 1. The Morgan fingerprint density at radius 3 is 2.49 bits per heavy atom. The van der Waals surface area contributed by atoms with Crippen LogP contribution in [0, 0.1) is 11.3 Å². The van der Waals surface area contributed by atoms with Gasteiger partial charge in [-0.1, -0.05) is 0 Å². The summed E-state index contributed by atoms with van der Waals surface area (Å²) in [6.07, 6.45) is -4.43. The number of hydrogen-bond donors (Lipinski definition) is 1. The number of nitrogens with zero attached hydrogens (tertiary/aromatic N) is 5. The molecule has 0 radical (unpaired) electrons. The number of anilines is 2. The minimum absolute atomic E-state index is 0.0237. The normalized spacial score (nSPS) is 26.8. The summed E-state index contributed by atoms with van der Waals surface area (Å²) in [5, 5.41) is 18.5. The number of benzene rings is 1. The molecule has 1 aromatic carbocycles. The van der Waals surface area contributed by atoms with Crippen molar-refractivity contribution in [1.29, 1.82) is 5.26 Å². The first-order valence-electron chi connectivity index (χ1n) is 13.0. The molecule has 1 saturated carbocycles. The van der Waals surface area contributed by atoms with E-state index < -0.39 is 53.3 Å². The molecule has 9 nitrogen and oxygen atoms in total. The predicted molar refractivity (Wildman–Crippen MR) is 140 cm³/mol. The van der Waals surface area contributed by atoms with Crippen LogP contribution in [0.4, 0.5) is 33.7 Å². The van der Waals surface area contributed by atoms with E-state index in [4.69, 9.17) is 22.2 Å². The van der Waals surface area contributed by atoms with Crippen molar-refractivity contribution >= 4 is 40.7 Å². The van der Waals surface area contributed by atoms with E-state index in [0.717, 1.165) is 11.1 Å². The average molecular weight is 590 g/mol. The smallest absolute Gasteiger partial charge is 0.419 e. The summed E-state index contributed by atoms with van der Waals surface area (Å²) in [7, 11) is 0. The highest BCUT2D eigenvalue weighted by molar-refractivity contribution is 7.81. The molecular weight excluding hydrogens is 566 g/mol. The van der Waals surface area contributed by atoms with Gasteiger partial charge in [0.2, 0.25) is 0 Å². The predicted octanol–water partition coefficient (Wildman–Crippen LogP) is 5.03. The van der Waals surface area contributed by atoms with Gasteiger partial charge in [0.25, 0.3) is 5.91 Å². The summed E-state index contributed by atoms with van der Waals surface area (Å²) in [6.45, 7) is 0. The molecule has 2 bridgehead atoms. The number of aromatic nitrogens is 1. The summed E-state index contributed by atoms with van der Waals surface area (Å²) in [5.41, 5.74) is -2.81. The minimum Gasteiger partial charge on any atom is -0.487 e. The van der Waals surface area contributed by atoms with E-state index in [1.54, 1.807) is 29.2 Å². The van der Waals surface area contributed by atoms with Gasteiger partial charge in [0.1, 0.15) is 23.5 Å². The minimum atomic E-state index is -4.86. The number of fused-ring (bicyclic) bond motifs is 2. The molecule has 4 fully saturated rings. The number of rotatable bonds is 4. The Morgan fingerprint density at radius 1 is 1.20 bits per heavy atom. The zero-order valence-electron chi connectivity index (χ0n) is 21.3. The van der Waals surface area contributed by atoms with Gasteiger partial charge in [0.05, 0.1) is 23.5 Å². The molecule has 2 amide bonds. The van der Waals surface area contributed by atoms with Crippen LogP contribution in [0.15, 0.2) is 36.5 Å². The van der Waals surface area contributed by atoms with E-state index in [2.05, 4.69) is 4.98 Å². The van der Waals surface area contributed by atoms with E-state index in [1.165, 1.54) is 11.0 Å². The number of alkyl halides is 4. The second kappa shape index (κ2) is 9.54. The molecule has 214 valence electrons. The summed E-state index contributed by atoms with van der Waals surface area (Å²) < 4.78 is 61.9. The van der Waals surface area contributed by atoms with Crippen LogP contribution in [0.2, 0.25) is 0 Å². The number of nitriles is 1. The Morgan fingerprint density at radius 2 is 1.90 bits per heavy atom. The third-order valence-electron chi connectivity index (χ3n) is 8.51. The molecule has 4 aliphatic rings. The summed E-state index contributed by atoms with van der Waals surface area (Å²) >= 11 is 5.62. The maximum absolute atomic E-state index is 15.2. The molecule has 3 aliphatic heterocycles. The topological polar surface area (TPSA) is 110 Å². The Bertz CT molecular complexity index is 1480. The van der Waals surface area contributed by atoms with E-state index in [0.29, 0.717) is 49.6 Å². The lowest BCUT2D eigenvalue weighted by molar-refractivity contribution is -0.138. The van der Waals surface area contributed by atoms with Crippen molar-refractivity contribution < 1.29 is 37.0 Å². The molecule has 1 N–H and O–H groups in total. The van der Waals surface area contributed by atoms with Crippen LogP contribution in [-0.4, -0.2) is 62.0 Å². The van der Waals surface area contributed by atoms with E-state index in [1.807, 2.05) is 0 Å². The third-order valence-corrected chi connectivity index (χ3v) is 8.88. The van der Waals surface area contributed by atoms with Gasteiger partial charge in [0, 0.05) is 18.2 Å². The van der Waals surface area contributed by atoms with Gasteiger partial charge >= 0.3 is 12.3 Å². The first-order chi connectivity index (χ1) is 19.5. The number of hydrogen-bond acceptors (Lipinski definition) is 6. The molecule has 41 heavy (non-hydrogen) atoms. The Balaban J connectivity index is 1.25. The fourth-order valence-corrected chi connectivity index (χ4v) is 6.92. The first kappa shape index (κ1) is 27.2. The van der Waals surface area contributed by atoms with Gasteiger partial charge in [0.15, 0.2) is 17.0 Å². The molecule has 3 saturated heterocycles. The number of halogens is 4. The average Bonchev–Trinajstić information content (AvgIpc) is 3.38. The number of thiocarbonyl (C=S) groups is 1. The highest BCUT2D eigenvalue weighted by Crippen LogP contribution is 2.48. The highest BCUT2D eigenvalue weighted by Gasteiger charge is 2.60. The number of carboxylic acid groups (broad SMARTS) is 1. The third kappa shape index (κ3) is 4.16. The lowest BCUT2D eigenvalue weighted by Crippen LogP contribution is -2.55. The summed E-state index contributed by atoms with van der Waals surface area (Å²) in [4.78, 5) is 32.6. The van der Waals surface area contributed by atoms with Gasteiger partial charge in [-0.05, 0) is 74.7 Å². The Hall–Kier alpha value is -3.99. The molecule has 2 aromatic rings. The van der Waals surface area contributed by atoms with Crippen molar-refractivity contribution in [3.05, 3.63) is 47.8 Å². The van der Waals surface area contributed by atoms with Gasteiger partial charge in [-0.2, -0.15) is 18.4 Å². The quantitative estimate of drug-likeness (QED) is 0.391. The lowest BCUT2D eigenvalue weighted by Gasteiger charge is -2.43. The van der Waals surface area contributed by atoms with Crippen LogP contribution < -0.4 is 14.5 Å². The number of ether oxygens (including phenoxy) is 1. The maximum atomic E-state index is 15.2. The standard InChI is InChI=1S/C27H23F4N5O4S/c28-22-20-7-4-15(34(20)25(38)39)11-21(22)40-17-5-2-14(3-6-17)36-24(41)35(23(37)26(36)8-1-9-26)16-10-18(27(29,30)31)19(12-32)33-13-16/h2-3,5-6,10,13,15,20-22H,1,4,7-9,11H2,(H,38,39). The fourth-order valence-electron chi connectivity index (χ4n) is 6.45. The maximum Gasteiger partial charge on any atom is 0.419 e. The molecule has 4 heterocycles. The van der Waals surface area contributed by atoms with Crippen LogP contribution in [-0.2, 0) is 11.0 Å². The van der Waals surface area contributed by atoms with Crippen molar-refractivity contribution in [2.45, 2.75) is 74.6 Å². The van der Waals surface area contributed by atoms with Crippen LogP contribution >= 0.6 is 12.2 Å². The number of carbonyl (C=O) groups excluding carboxylic acids is 1. The van der Waals surface area contributed by atoms with Gasteiger partial charge in [-0.25, -0.2) is 14.2 Å². The lowest BCUT2D eigenvalue weighted by atomic mass is 9.75.